The van der Waals surface area contributed by atoms with E-state index in [0.29, 0.717) is 29.7 Å². The summed E-state index contributed by atoms with van der Waals surface area (Å²) in [7, 11) is 0. The second-order valence-electron chi connectivity index (χ2n) is 4.91. The highest BCUT2D eigenvalue weighted by Crippen LogP contribution is 1.99. The molecular formula is C19H34O5. The Bertz CT molecular complexity index is 421. The summed E-state index contributed by atoms with van der Waals surface area (Å²) in [5, 5.41) is 8.21. The van der Waals surface area contributed by atoms with Crippen LogP contribution in [0.25, 0.3) is 0 Å². The molecule has 0 aromatic heterocycles. The smallest absolute Gasteiger partial charge is 0.333 e. The van der Waals surface area contributed by atoms with Gasteiger partial charge in [-0.3, -0.25) is 4.79 Å². The first-order valence-electron chi connectivity index (χ1n) is 7.41. The van der Waals surface area contributed by atoms with Crippen LogP contribution in [0.15, 0.2) is 36.5 Å². The second-order valence-corrected chi connectivity index (χ2v) is 4.91. The van der Waals surface area contributed by atoms with Crippen molar-refractivity contribution in [2.75, 3.05) is 6.61 Å². The minimum absolute atomic E-state index is 0. The summed E-state index contributed by atoms with van der Waals surface area (Å²) in [6, 6.07) is 0. The average Bonchev–Trinajstić information content (AvgIpc) is 2.45. The van der Waals surface area contributed by atoms with Crippen LogP contribution in [0.5, 0.6) is 0 Å². The van der Waals surface area contributed by atoms with Gasteiger partial charge in [0.1, 0.15) is 0 Å². The molecular weight excluding hydrogens is 308 g/mol. The van der Waals surface area contributed by atoms with Crippen LogP contribution in [-0.4, -0.2) is 29.4 Å². The first-order chi connectivity index (χ1) is 10.5. The molecule has 5 heteroatoms. The van der Waals surface area contributed by atoms with Crippen molar-refractivity contribution in [1.82, 2.24) is 0 Å². The first kappa shape index (κ1) is 29.8. The third kappa shape index (κ3) is 24.8. The zero-order chi connectivity index (χ0) is 19.0. The minimum Gasteiger partial charge on any atom is -0.478 e. The summed E-state index contributed by atoms with van der Waals surface area (Å²) in [4.78, 5) is 30.6. The molecule has 0 unspecified atom stereocenters. The molecule has 0 aromatic rings. The minimum atomic E-state index is -0.883. The summed E-state index contributed by atoms with van der Waals surface area (Å²) in [5.41, 5.74) is 1.38. The molecule has 140 valence electrons. The molecule has 0 fully saturated rings. The third-order valence-corrected chi connectivity index (χ3v) is 2.24. The van der Waals surface area contributed by atoms with Crippen LogP contribution in [0.1, 0.15) is 61.3 Å². The molecule has 0 heterocycles. The summed E-state index contributed by atoms with van der Waals surface area (Å²) < 4.78 is 4.71. The Balaban J connectivity index is -0.000000125. The molecule has 0 amide bonds. The molecule has 0 rings (SSSR count). The predicted octanol–water partition coefficient (Wildman–Crippen LogP) is 4.73. The van der Waals surface area contributed by atoms with Crippen molar-refractivity contribution in [3.63, 3.8) is 0 Å². The largest absolute Gasteiger partial charge is 0.478 e. The maximum Gasteiger partial charge on any atom is 0.333 e. The van der Waals surface area contributed by atoms with Crippen LogP contribution in [0.2, 0.25) is 0 Å². The lowest BCUT2D eigenvalue weighted by Crippen LogP contribution is -2.04. The number of carboxylic acid groups (broad SMARTS) is 1. The van der Waals surface area contributed by atoms with Crippen LogP contribution >= 0.6 is 0 Å². The highest BCUT2D eigenvalue weighted by atomic mass is 16.5. The quantitative estimate of drug-likeness (QED) is 0.534. The number of aliphatic carboxylic acids is 1. The van der Waals surface area contributed by atoms with Crippen molar-refractivity contribution in [2.24, 2.45) is 0 Å². The second kappa shape index (κ2) is 18.9. The summed E-state index contributed by atoms with van der Waals surface area (Å²) in [6.45, 7) is 19.4. The molecule has 0 saturated heterocycles. The maximum absolute atomic E-state index is 10.6. The van der Waals surface area contributed by atoms with Crippen LogP contribution in [0, 0.1) is 0 Å². The molecule has 0 saturated carbocycles. The summed E-state index contributed by atoms with van der Waals surface area (Å²) >= 11 is 0. The van der Waals surface area contributed by atoms with Crippen molar-refractivity contribution < 1.29 is 24.2 Å². The number of hydrogen-bond acceptors (Lipinski definition) is 4. The molecule has 0 aliphatic carbocycles. The van der Waals surface area contributed by atoms with Gasteiger partial charge in [0.15, 0.2) is 5.78 Å². The van der Waals surface area contributed by atoms with Crippen LogP contribution in [0.4, 0.5) is 0 Å². The number of carbonyl (C=O) groups excluding carboxylic acids is 2. The van der Waals surface area contributed by atoms with E-state index in [1.165, 1.54) is 6.92 Å². The van der Waals surface area contributed by atoms with E-state index in [-0.39, 0.29) is 19.2 Å². The molecule has 0 aliphatic rings. The Kier molecular flexibility index (Phi) is 23.4. The van der Waals surface area contributed by atoms with E-state index in [4.69, 9.17) is 9.84 Å². The molecule has 0 aromatic carbocycles. The van der Waals surface area contributed by atoms with Crippen molar-refractivity contribution in [1.29, 1.82) is 0 Å². The molecule has 0 radical (unpaired) electrons. The molecule has 0 aliphatic heterocycles. The fourth-order valence-corrected chi connectivity index (χ4v) is 0.727. The van der Waals surface area contributed by atoms with Gasteiger partial charge in [0, 0.05) is 11.1 Å². The van der Waals surface area contributed by atoms with Gasteiger partial charge in [0.05, 0.1) is 6.61 Å². The monoisotopic (exact) mass is 342 g/mol. The van der Waals surface area contributed by atoms with Crippen LogP contribution in [-0.2, 0) is 19.1 Å². The molecule has 0 atom stereocenters. The van der Waals surface area contributed by atoms with E-state index >= 15 is 0 Å². The van der Waals surface area contributed by atoms with Gasteiger partial charge in [-0.05, 0) is 39.2 Å². The van der Waals surface area contributed by atoms with Gasteiger partial charge in [0.25, 0.3) is 0 Å². The van der Waals surface area contributed by atoms with Crippen molar-refractivity contribution in [2.45, 2.75) is 61.3 Å². The van der Waals surface area contributed by atoms with Gasteiger partial charge in [-0.25, -0.2) is 9.59 Å². The van der Waals surface area contributed by atoms with Gasteiger partial charge in [0.2, 0.25) is 0 Å². The van der Waals surface area contributed by atoms with Gasteiger partial charge in [-0.15, -0.1) is 0 Å². The third-order valence-electron chi connectivity index (χ3n) is 2.24. The molecule has 0 spiro atoms. The van der Waals surface area contributed by atoms with Gasteiger partial charge in [-0.1, -0.05) is 47.4 Å². The Morgan fingerprint density at radius 2 is 1.33 bits per heavy atom. The normalized spacial score (nSPS) is 8.04. The van der Waals surface area contributed by atoms with Gasteiger partial charge >= 0.3 is 11.9 Å². The standard InChI is InChI=1S/C7H12O2.C6H10O2.C5H8O.CH4/c1-4-5-9-7(8)6(2)3;1-3-4-5(2)6(7)8;1-4(2)5(3)6;/h2,4-5H2,1,3H3;2-4H2,1H3,(H,7,8);1H2,2-3H3;1H4. The number of allylic oxidation sites excluding steroid dienone is 1. The maximum atomic E-state index is 10.6. The highest BCUT2D eigenvalue weighted by molar-refractivity contribution is 5.91. The van der Waals surface area contributed by atoms with E-state index in [2.05, 4.69) is 19.7 Å². The molecule has 0 bridgehead atoms. The van der Waals surface area contributed by atoms with Crippen LogP contribution in [0.3, 0.4) is 0 Å². The summed E-state index contributed by atoms with van der Waals surface area (Å²) in [6.07, 6.45) is 2.31. The number of esters is 1. The van der Waals surface area contributed by atoms with E-state index < -0.39 is 5.97 Å². The van der Waals surface area contributed by atoms with E-state index in [1.54, 1.807) is 13.8 Å². The Labute approximate surface area is 147 Å². The Hall–Kier alpha value is -2.17. The lowest BCUT2D eigenvalue weighted by atomic mass is 10.2. The fraction of sp³-hybridized carbons (Fsp3) is 0.526. The van der Waals surface area contributed by atoms with Crippen molar-refractivity contribution in [3.05, 3.63) is 36.5 Å². The lowest BCUT2D eigenvalue weighted by Gasteiger charge is -1.99. The Morgan fingerprint density at radius 3 is 1.50 bits per heavy atom. The Morgan fingerprint density at radius 1 is 0.917 bits per heavy atom. The molecule has 1 N–H and O–H groups in total. The number of carboxylic acids is 1. The lowest BCUT2D eigenvalue weighted by molar-refractivity contribution is -0.139. The summed E-state index contributed by atoms with van der Waals surface area (Å²) in [5.74, 6) is -1.11. The van der Waals surface area contributed by atoms with Crippen molar-refractivity contribution >= 4 is 17.7 Å². The van der Waals surface area contributed by atoms with E-state index in [9.17, 15) is 14.4 Å². The topological polar surface area (TPSA) is 80.7 Å². The van der Waals surface area contributed by atoms with Gasteiger partial charge < -0.3 is 9.84 Å². The van der Waals surface area contributed by atoms with E-state index in [1.807, 2.05) is 13.8 Å². The first-order valence-corrected chi connectivity index (χ1v) is 7.41. The van der Waals surface area contributed by atoms with Crippen molar-refractivity contribution in [3.8, 4) is 0 Å². The van der Waals surface area contributed by atoms with Crippen LogP contribution < -0.4 is 0 Å². The molecule has 5 nitrogen and oxygen atoms in total. The fourth-order valence-electron chi connectivity index (χ4n) is 0.727. The average molecular weight is 342 g/mol. The van der Waals surface area contributed by atoms with E-state index in [0.717, 1.165) is 12.8 Å². The van der Waals surface area contributed by atoms with Gasteiger partial charge in [-0.2, -0.15) is 0 Å². The number of ketones is 1. The number of Topliss-reactive ketones (excluding diaryl/α,β-unsaturated/α-hetero) is 1. The predicted molar refractivity (Wildman–Crippen MR) is 100.0 cm³/mol. The number of ether oxygens (including phenoxy) is 1. The SMILES string of the molecule is C.C=C(C)C(=O)OCCC.C=C(C)C(C)=O.C=C(CCC)C(=O)O. The number of hydrogen-bond donors (Lipinski definition) is 1. The molecule has 24 heavy (non-hydrogen) atoms. The zero-order valence-electron chi connectivity index (χ0n) is 15.0. The number of rotatable bonds is 7. The zero-order valence-corrected chi connectivity index (χ0v) is 15.0. The number of carbonyl (C=O) groups is 3. The highest BCUT2D eigenvalue weighted by Gasteiger charge is 2.00.